The zero-order valence-corrected chi connectivity index (χ0v) is 13.7. The largest absolute Gasteiger partial charge is 0.464 e. The number of likely N-dealkylation sites (tertiary alicyclic amines) is 1. The summed E-state index contributed by atoms with van der Waals surface area (Å²) in [6.45, 7) is 1.17. The third-order valence-corrected chi connectivity index (χ3v) is 4.74. The van der Waals surface area contributed by atoms with Crippen LogP contribution in [0.25, 0.3) is 6.08 Å². The molecule has 0 bridgehead atoms. The summed E-state index contributed by atoms with van der Waals surface area (Å²) in [6, 6.07) is 14.4. The van der Waals surface area contributed by atoms with Crippen molar-refractivity contribution in [1.29, 1.82) is 0 Å². The van der Waals surface area contributed by atoms with Crippen molar-refractivity contribution in [3.05, 3.63) is 83.4 Å². The van der Waals surface area contributed by atoms with Crippen LogP contribution in [0.1, 0.15) is 23.5 Å². The van der Waals surface area contributed by atoms with Crippen LogP contribution in [0.4, 0.5) is 4.39 Å². The number of fused-ring (bicyclic) bond motifs is 1. The van der Waals surface area contributed by atoms with E-state index < -0.39 is 0 Å². The Morgan fingerprint density at radius 1 is 1.12 bits per heavy atom. The van der Waals surface area contributed by atoms with E-state index in [1.165, 1.54) is 6.07 Å². The Labute approximate surface area is 146 Å². The zero-order valence-electron chi connectivity index (χ0n) is 13.7. The number of carbonyl (C=O) groups is 1. The number of hydrogen-bond acceptors (Lipinski definition) is 2. The van der Waals surface area contributed by atoms with E-state index in [1.807, 2.05) is 42.5 Å². The van der Waals surface area contributed by atoms with Gasteiger partial charge in [0.2, 0.25) is 0 Å². The third kappa shape index (κ3) is 3.07. The molecule has 0 radical (unpaired) electrons. The molecular weight excluding hydrogens is 317 g/mol. The van der Waals surface area contributed by atoms with E-state index in [2.05, 4.69) is 0 Å². The predicted octanol–water partition coefficient (Wildman–Crippen LogP) is 4.13. The highest BCUT2D eigenvalue weighted by molar-refractivity contribution is 6.01. The molecule has 0 saturated carbocycles. The normalized spacial score (nSPS) is 19.0. The van der Waals surface area contributed by atoms with Crippen LogP contribution < -0.4 is 4.74 Å². The first kappa shape index (κ1) is 15.6. The van der Waals surface area contributed by atoms with E-state index in [4.69, 9.17) is 4.74 Å². The Morgan fingerprint density at radius 2 is 1.92 bits per heavy atom. The first-order valence-electron chi connectivity index (χ1n) is 8.40. The summed E-state index contributed by atoms with van der Waals surface area (Å²) in [5, 5.41) is 0. The lowest BCUT2D eigenvalue weighted by Crippen LogP contribution is -2.29. The van der Waals surface area contributed by atoms with Crippen LogP contribution in [0, 0.1) is 5.82 Å². The van der Waals surface area contributed by atoms with Crippen molar-refractivity contribution in [3.8, 4) is 5.75 Å². The maximum absolute atomic E-state index is 14.0. The number of rotatable bonds is 2. The smallest absolute Gasteiger partial charge is 0.254 e. The van der Waals surface area contributed by atoms with Gasteiger partial charge in [0.05, 0.1) is 6.26 Å². The monoisotopic (exact) mass is 335 g/mol. The molecule has 2 heterocycles. The summed E-state index contributed by atoms with van der Waals surface area (Å²) in [4.78, 5) is 14.7. The summed E-state index contributed by atoms with van der Waals surface area (Å²) in [5.74, 6) is 0.532. The summed E-state index contributed by atoms with van der Waals surface area (Å²) >= 11 is 0. The molecule has 0 aromatic heterocycles. The molecule has 2 aromatic carbocycles. The Hall–Kier alpha value is -2.88. The van der Waals surface area contributed by atoms with Crippen molar-refractivity contribution in [1.82, 2.24) is 4.90 Å². The number of amides is 1. The van der Waals surface area contributed by atoms with Gasteiger partial charge in [0.1, 0.15) is 11.6 Å². The highest BCUT2D eigenvalue weighted by Gasteiger charge is 2.30. The van der Waals surface area contributed by atoms with Crippen LogP contribution in [-0.4, -0.2) is 23.9 Å². The van der Waals surface area contributed by atoms with Gasteiger partial charge in [0, 0.05) is 30.1 Å². The molecule has 1 atom stereocenters. The number of hydrogen-bond donors (Lipinski definition) is 0. The van der Waals surface area contributed by atoms with Crippen molar-refractivity contribution in [2.24, 2.45) is 0 Å². The summed E-state index contributed by atoms with van der Waals surface area (Å²) in [5.41, 5.74) is 2.15. The minimum Gasteiger partial charge on any atom is -0.464 e. The number of halogens is 1. The van der Waals surface area contributed by atoms with Crippen LogP contribution in [0.3, 0.4) is 0 Å². The molecule has 1 saturated heterocycles. The standard InChI is InChI=1S/C21H18FNO2/c22-19-7-3-2-6-18(19)17-9-11-23(14-17)21(24)16-10-12-25-20-8-4-1-5-15(20)13-16/h1-8,10,12-13,17H,9,11,14H2. The average molecular weight is 335 g/mol. The fraction of sp³-hybridized carbons (Fsp3) is 0.190. The number of benzene rings is 2. The van der Waals surface area contributed by atoms with Crippen LogP contribution in [0.2, 0.25) is 0 Å². The Morgan fingerprint density at radius 3 is 2.80 bits per heavy atom. The van der Waals surface area contributed by atoms with E-state index in [9.17, 15) is 9.18 Å². The van der Waals surface area contributed by atoms with Crippen molar-refractivity contribution in [2.75, 3.05) is 13.1 Å². The van der Waals surface area contributed by atoms with Gasteiger partial charge >= 0.3 is 0 Å². The van der Waals surface area contributed by atoms with Crippen LogP contribution in [0.5, 0.6) is 5.75 Å². The lowest BCUT2D eigenvalue weighted by Gasteiger charge is -2.17. The maximum Gasteiger partial charge on any atom is 0.254 e. The molecule has 25 heavy (non-hydrogen) atoms. The van der Waals surface area contributed by atoms with Crippen LogP contribution in [-0.2, 0) is 4.79 Å². The summed E-state index contributed by atoms with van der Waals surface area (Å²) < 4.78 is 19.5. The van der Waals surface area contributed by atoms with Gasteiger partial charge in [0.15, 0.2) is 0 Å². The molecular formula is C21H18FNO2. The number of carbonyl (C=O) groups excluding carboxylic acids is 1. The second kappa shape index (κ2) is 6.55. The molecule has 2 aromatic rings. The zero-order chi connectivity index (χ0) is 17.2. The van der Waals surface area contributed by atoms with Gasteiger partial charge in [-0.2, -0.15) is 0 Å². The molecule has 0 aliphatic carbocycles. The van der Waals surface area contributed by atoms with Crippen molar-refractivity contribution < 1.29 is 13.9 Å². The fourth-order valence-electron chi connectivity index (χ4n) is 3.42. The highest BCUT2D eigenvalue weighted by atomic mass is 19.1. The molecule has 4 heteroatoms. The molecule has 1 unspecified atom stereocenters. The first-order chi connectivity index (χ1) is 12.2. The minimum absolute atomic E-state index is 0.0454. The molecule has 1 amide bonds. The molecule has 2 aliphatic heterocycles. The summed E-state index contributed by atoms with van der Waals surface area (Å²) in [7, 11) is 0. The van der Waals surface area contributed by atoms with Crippen molar-refractivity contribution >= 4 is 12.0 Å². The summed E-state index contributed by atoms with van der Waals surface area (Å²) in [6.07, 6.45) is 5.85. The Balaban J connectivity index is 1.54. The van der Waals surface area contributed by atoms with Gasteiger partial charge in [-0.25, -0.2) is 4.39 Å². The lowest BCUT2D eigenvalue weighted by molar-refractivity contribution is -0.125. The molecule has 2 aliphatic rings. The fourth-order valence-corrected chi connectivity index (χ4v) is 3.42. The Bertz CT molecular complexity index is 872. The number of para-hydroxylation sites is 1. The van der Waals surface area contributed by atoms with E-state index in [0.29, 0.717) is 24.2 Å². The van der Waals surface area contributed by atoms with E-state index in [0.717, 1.165) is 17.7 Å². The topological polar surface area (TPSA) is 29.5 Å². The second-order valence-corrected chi connectivity index (χ2v) is 6.32. The third-order valence-electron chi connectivity index (χ3n) is 4.74. The number of nitrogens with zero attached hydrogens (tertiary/aromatic N) is 1. The van der Waals surface area contributed by atoms with Gasteiger partial charge in [-0.15, -0.1) is 0 Å². The van der Waals surface area contributed by atoms with Gasteiger partial charge < -0.3 is 9.64 Å². The Kier molecular flexibility index (Phi) is 4.10. The predicted molar refractivity (Wildman–Crippen MR) is 94.5 cm³/mol. The molecule has 1 fully saturated rings. The van der Waals surface area contributed by atoms with Gasteiger partial charge in [0.25, 0.3) is 5.91 Å². The molecule has 3 nitrogen and oxygen atoms in total. The van der Waals surface area contributed by atoms with Gasteiger partial charge in [-0.05, 0) is 36.3 Å². The van der Waals surface area contributed by atoms with Crippen LogP contribution in [0.15, 0.2) is 66.4 Å². The van der Waals surface area contributed by atoms with Crippen molar-refractivity contribution in [3.63, 3.8) is 0 Å². The molecule has 0 N–H and O–H groups in total. The quantitative estimate of drug-likeness (QED) is 0.826. The lowest BCUT2D eigenvalue weighted by atomic mass is 9.98. The maximum atomic E-state index is 14.0. The SMILES string of the molecule is O=C(C1=Cc2ccccc2OC=C1)N1CCC(c2ccccc2F)C1. The van der Waals surface area contributed by atoms with Crippen LogP contribution >= 0.6 is 0 Å². The van der Waals surface area contributed by atoms with Crippen molar-refractivity contribution in [2.45, 2.75) is 12.3 Å². The first-order valence-corrected chi connectivity index (χ1v) is 8.40. The minimum atomic E-state index is -0.197. The average Bonchev–Trinajstić information content (AvgIpc) is 3.01. The van der Waals surface area contributed by atoms with E-state index >= 15 is 0 Å². The second-order valence-electron chi connectivity index (χ2n) is 6.32. The van der Waals surface area contributed by atoms with E-state index in [1.54, 1.807) is 23.3 Å². The molecule has 4 rings (SSSR count). The number of ether oxygens (including phenoxy) is 1. The van der Waals surface area contributed by atoms with Gasteiger partial charge in [-0.1, -0.05) is 36.4 Å². The highest BCUT2D eigenvalue weighted by Crippen LogP contribution is 2.31. The van der Waals surface area contributed by atoms with Gasteiger partial charge in [-0.3, -0.25) is 4.79 Å². The molecule has 126 valence electrons. The van der Waals surface area contributed by atoms with E-state index in [-0.39, 0.29) is 17.6 Å². The molecule has 0 spiro atoms.